The molecule has 1 rings (SSSR count). The molecule has 1 amide bonds. The van der Waals surface area contributed by atoms with Gasteiger partial charge in [-0.25, -0.2) is 0 Å². The summed E-state index contributed by atoms with van der Waals surface area (Å²) >= 11 is 0. The molecule has 0 radical (unpaired) electrons. The van der Waals surface area contributed by atoms with Gasteiger partial charge in [0.25, 0.3) is 5.91 Å². The Morgan fingerprint density at radius 1 is 1.09 bits per heavy atom. The van der Waals surface area contributed by atoms with E-state index in [2.05, 4.69) is 19.3 Å². The molecular formula is C18H31ClN2O. The predicted octanol–water partition coefficient (Wildman–Crippen LogP) is -0.269. The fourth-order valence-electron chi connectivity index (χ4n) is 2.59. The Labute approximate surface area is 141 Å². The zero-order valence-electron chi connectivity index (χ0n) is 14.5. The van der Waals surface area contributed by atoms with Gasteiger partial charge in [0.15, 0.2) is 6.54 Å². The fraction of sp³-hybridized carbons (Fsp3) is 0.611. The number of carbonyl (C=O) groups excluding carboxylic acids is 1. The minimum atomic E-state index is 0. The SMILES string of the molecule is CCCCCCC[NH+](C)CC(=O)Nc1c(C)cccc1C.[Cl-]. The van der Waals surface area contributed by atoms with Gasteiger partial charge >= 0.3 is 0 Å². The molecule has 0 aliphatic carbocycles. The molecule has 1 atom stereocenters. The lowest BCUT2D eigenvalue weighted by molar-refractivity contribution is -0.871. The van der Waals surface area contributed by atoms with Gasteiger partial charge in [0.1, 0.15) is 0 Å². The quantitative estimate of drug-likeness (QED) is 0.602. The van der Waals surface area contributed by atoms with Crippen LogP contribution < -0.4 is 22.6 Å². The number of quaternary nitrogens is 1. The molecule has 0 saturated carbocycles. The van der Waals surface area contributed by atoms with Gasteiger partial charge in [0.05, 0.1) is 13.6 Å². The Hall–Kier alpha value is -1.06. The summed E-state index contributed by atoms with van der Waals surface area (Å²) in [4.78, 5) is 13.4. The van der Waals surface area contributed by atoms with Crippen LogP contribution in [-0.2, 0) is 4.79 Å². The molecule has 0 fully saturated rings. The molecule has 4 heteroatoms. The van der Waals surface area contributed by atoms with Crippen LogP contribution >= 0.6 is 0 Å². The van der Waals surface area contributed by atoms with E-state index < -0.39 is 0 Å². The normalized spacial score (nSPS) is 11.6. The van der Waals surface area contributed by atoms with E-state index >= 15 is 0 Å². The molecule has 1 aromatic carbocycles. The summed E-state index contributed by atoms with van der Waals surface area (Å²) in [6.07, 6.45) is 6.41. The van der Waals surface area contributed by atoms with Crippen LogP contribution in [0.4, 0.5) is 5.69 Å². The van der Waals surface area contributed by atoms with Crippen LogP contribution in [0.5, 0.6) is 0 Å². The number of likely N-dealkylation sites (N-methyl/N-ethyl adjacent to an activating group) is 1. The number of nitrogens with one attached hydrogen (secondary N) is 2. The Bertz CT molecular complexity index is 428. The molecule has 0 aliphatic rings. The summed E-state index contributed by atoms with van der Waals surface area (Å²) in [7, 11) is 2.10. The maximum atomic E-state index is 12.1. The van der Waals surface area contributed by atoms with E-state index in [1.165, 1.54) is 37.0 Å². The van der Waals surface area contributed by atoms with Gasteiger partial charge in [0.2, 0.25) is 0 Å². The van der Waals surface area contributed by atoms with Gasteiger partial charge in [-0.2, -0.15) is 0 Å². The number of unbranched alkanes of at least 4 members (excludes halogenated alkanes) is 4. The van der Waals surface area contributed by atoms with E-state index in [-0.39, 0.29) is 18.3 Å². The van der Waals surface area contributed by atoms with Gasteiger partial charge in [-0.05, 0) is 37.8 Å². The third-order valence-corrected chi connectivity index (χ3v) is 3.91. The van der Waals surface area contributed by atoms with E-state index in [1.807, 2.05) is 32.0 Å². The molecule has 0 saturated heterocycles. The number of aryl methyl sites for hydroxylation is 2. The van der Waals surface area contributed by atoms with Crippen LogP contribution in [0.25, 0.3) is 0 Å². The van der Waals surface area contributed by atoms with Gasteiger partial charge in [-0.1, -0.05) is 44.4 Å². The molecular weight excluding hydrogens is 296 g/mol. The zero-order chi connectivity index (χ0) is 15.7. The first-order valence-corrected chi connectivity index (χ1v) is 8.22. The third kappa shape index (κ3) is 7.81. The summed E-state index contributed by atoms with van der Waals surface area (Å²) in [5, 5.41) is 3.06. The maximum Gasteiger partial charge on any atom is 0.279 e. The molecule has 3 nitrogen and oxygen atoms in total. The number of hydrogen-bond acceptors (Lipinski definition) is 1. The van der Waals surface area contributed by atoms with Crippen molar-refractivity contribution < 1.29 is 22.1 Å². The van der Waals surface area contributed by atoms with Crippen molar-refractivity contribution in [2.24, 2.45) is 0 Å². The molecule has 126 valence electrons. The monoisotopic (exact) mass is 326 g/mol. The van der Waals surface area contributed by atoms with Crippen molar-refractivity contribution in [3.05, 3.63) is 29.3 Å². The van der Waals surface area contributed by atoms with Crippen molar-refractivity contribution in [3.8, 4) is 0 Å². The van der Waals surface area contributed by atoms with Gasteiger partial charge in [-0.15, -0.1) is 0 Å². The second-order valence-corrected chi connectivity index (χ2v) is 6.11. The highest BCUT2D eigenvalue weighted by Crippen LogP contribution is 2.18. The van der Waals surface area contributed by atoms with Gasteiger partial charge in [0, 0.05) is 5.69 Å². The summed E-state index contributed by atoms with van der Waals surface area (Å²) in [6.45, 7) is 7.92. The number of benzene rings is 1. The standard InChI is InChI=1S/C18H30N2O.ClH/c1-5-6-7-8-9-13-20(4)14-17(21)19-18-15(2)11-10-12-16(18)3;/h10-12H,5-9,13-14H2,1-4H3,(H,19,21);1H. The van der Waals surface area contributed by atoms with Crippen LogP contribution in [-0.4, -0.2) is 26.0 Å². The van der Waals surface area contributed by atoms with Crippen LogP contribution in [0.3, 0.4) is 0 Å². The van der Waals surface area contributed by atoms with Crippen LogP contribution in [0.15, 0.2) is 18.2 Å². The van der Waals surface area contributed by atoms with Crippen molar-refractivity contribution in [3.63, 3.8) is 0 Å². The van der Waals surface area contributed by atoms with E-state index in [0.29, 0.717) is 6.54 Å². The summed E-state index contributed by atoms with van der Waals surface area (Å²) < 4.78 is 0. The molecule has 0 heterocycles. The Morgan fingerprint density at radius 2 is 1.68 bits per heavy atom. The molecule has 22 heavy (non-hydrogen) atoms. The molecule has 0 aromatic heterocycles. The predicted molar refractivity (Wildman–Crippen MR) is 89.9 cm³/mol. The van der Waals surface area contributed by atoms with Crippen molar-refractivity contribution in [2.75, 3.05) is 25.5 Å². The maximum absolute atomic E-state index is 12.1. The first kappa shape index (κ1) is 20.9. The van der Waals surface area contributed by atoms with Crippen molar-refractivity contribution >= 4 is 11.6 Å². The lowest BCUT2D eigenvalue weighted by atomic mass is 10.1. The molecule has 1 aromatic rings. The number of amides is 1. The minimum absolute atomic E-state index is 0. The first-order valence-electron chi connectivity index (χ1n) is 8.22. The second-order valence-electron chi connectivity index (χ2n) is 6.11. The van der Waals surface area contributed by atoms with Crippen LogP contribution in [0.2, 0.25) is 0 Å². The van der Waals surface area contributed by atoms with Crippen LogP contribution in [0, 0.1) is 13.8 Å². The minimum Gasteiger partial charge on any atom is -1.00 e. The molecule has 0 aliphatic heterocycles. The number of hydrogen-bond donors (Lipinski definition) is 2. The highest BCUT2D eigenvalue weighted by Gasteiger charge is 2.12. The topological polar surface area (TPSA) is 33.5 Å². The van der Waals surface area contributed by atoms with Crippen molar-refractivity contribution in [2.45, 2.75) is 52.9 Å². The lowest BCUT2D eigenvalue weighted by Gasteiger charge is -2.15. The average Bonchev–Trinajstić information content (AvgIpc) is 2.43. The molecule has 1 unspecified atom stereocenters. The number of halogens is 1. The van der Waals surface area contributed by atoms with Gasteiger partial charge < -0.3 is 22.6 Å². The van der Waals surface area contributed by atoms with Crippen LogP contribution in [0.1, 0.15) is 50.2 Å². The highest BCUT2D eigenvalue weighted by atomic mass is 35.5. The Morgan fingerprint density at radius 3 is 2.27 bits per heavy atom. The molecule has 0 bridgehead atoms. The highest BCUT2D eigenvalue weighted by molar-refractivity contribution is 5.93. The fourth-order valence-corrected chi connectivity index (χ4v) is 2.59. The largest absolute Gasteiger partial charge is 1.00 e. The average molecular weight is 327 g/mol. The molecule has 0 spiro atoms. The van der Waals surface area contributed by atoms with E-state index in [4.69, 9.17) is 0 Å². The Kier molecular flexibility index (Phi) is 10.9. The third-order valence-electron chi connectivity index (χ3n) is 3.91. The van der Waals surface area contributed by atoms with E-state index in [1.54, 1.807) is 0 Å². The van der Waals surface area contributed by atoms with Gasteiger partial charge in [-0.3, -0.25) is 4.79 Å². The van der Waals surface area contributed by atoms with Crippen molar-refractivity contribution in [1.29, 1.82) is 0 Å². The Balaban J connectivity index is 0.00000441. The lowest BCUT2D eigenvalue weighted by Crippen LogP contribution is -3.10. The summed E-state index contributed by atoms with van der Waals surface area (Å²) in [6, 6.07) is 6.09. The number of carbonyl (C=O) groups is 1. The van der Waals surface area contributed by atoms with E-state index in [0.717, 1.165) is 23.4 Å². The number of para-hydroxylation sites is 1. The smallest absolute Gasteiger partial charge is 0.279 e. The first-order chi connectivity index (χ1) is 10.0. The number of rotatable bonds is 9. The molecule has 2 N–H and O–H groups in total. The zero-order valence-corrected chi connectivity index (χ0v) is 15.2. The number of anilines is 1. The summed E-state index contributed by atoms with van der Waals surface area (Å²) in [5.41, 5.74) is 3.22. The second kappa shape index (κ2) is 11.5. The summed E-state index contributed by atoms with van der Waals surface area (Å²) in [5.74, 6) is 0.110. The van der Waals surface area contributed by atoms with E-state index in [9.17, 15) is 4.79 Å². The van der Waals surface area contributed by atoms with Crippen molar-refractivity contribution in [1.82, 2.24) is 0 Å².